The maximum atomic E-state index is 11.9. The first-order chi connectivity index (χ1) is 8.08. The molecule has 0 radical (unpaired) electrons. The highest BCUT2D eigenvalue weighted by Crippen LogP contribution is 2.20. The van der Waals surface area contributed by atoms with Gasteiger partial charge in [-0.15, -0.1) is 0 Å². The predicted octanol–water partition coefficient (Wildman–Crippen LogP) is 1.26. The van der Waals surface area contributed by atoms with Crippen LogP contribution in [0.5, 0.6) is 0 Å². The van der Waals surface area contributed by atoms with E-state index in [-0.39, 0.29) is 18.6 Å². The molecule has 2 unspecified atom stereocenters. The van der Waals surface area contributed by atoms with Crippen molar-refractivity contribution in [1.29, 1.82) is 0 Å². The number of ether oxygens (including phenoxy) is 1. The Morgan fingerprint density at radius 1 is 1.53 bits per heavy atom. The number of nitrogens with one attached hydrogen (secondary N) is 1. The van der Waals surface area contributed by atoms with E-state index in [1.54, 1.807) is 0 Å². The summed E-state index contributed by atoms with van der Waals surface area (Å²) in [5.41, 5.74) is 0. The molecule has 0 bridgehead atoms. The molecule has 1 N–H and O–H groups in total. The second-order valence-electron chi connectivity index (χ2n) is 5.05. The Balaban J connectivity index is 2.43. The third-order valence-corrected chi connectivity index (χ3v) is 3.52. The molecule has 100 valence electrons. The number of amides is 1. The number of rotatable bonds is 5. The molecule has 1 heterocycles. The molecule has 0 aromatic heterocycles. The molecule has 1 aliphatic rings. The summed E-state index contributed by atoms with van der Waals surface area (Å²) in [6.07, 6.45) is 2.28. The average Bonchev–Trinajstić information content (AvgIpc) is 2.34. The second-order valence-corrected chi connectivity index (χ2v) is 5.05. The fourth-order valence-corrected chi connectivity index (χ4v) is 2.38. The van der Waals surface area contributed by atoms with Gasteiger partial charge in [0.25, 0.3) is 0 Å². The van der Waals surface area contributed by atoms with Crippen molar-refractivity contribution in [2.45, 2.75) is 45.8 Å². The lowest BCUT2D eigenvalue weighted by Crippen LogP contribution is -2.50. The molecular formula is C13H26N2O2. The summed E-state index contributed by atoms with van der Waals surface area (Å²) in [5, 5.41) is 3.35. The topological polar surface area (TPSA) is 41.6 Å². The van der Waals surface area contributed by atoms with Gasteiger partial charge in [-0.2, -0.15) is 0 Å². The van der Waals surface area contributed by atoms with Crippen LogP contribution in [0.2, 0.25) is 0 Å². The van der Waals surface area contributed by atoms with Gasteiger partial charge in [0.05, 0.1) is 6.10 Å². The van der Waals surface area contributed by atoms with Crippen LogP contribution in [0.4, 0.5) is 0 Å². The number of carbonyl (C=O) groups excluding carboxylic acids is 1. The number of hydrogen-bond donors (Lipinski definition) is 1. The highest BCUT2D eigenvalue weighted by atomic mass is 16.5. The molecule has 1 amide bonds. The second kappa shape index (κ2) is 6.97. The van der Waals surface area contributed by atoms with Crippen molar-refractivity contribution in [3.63, 3.8) is 0 Å². The van der Waals surface area contributed by atoms with Crippen LogP contribution in [0.25, 0.3) is 0 Å². The number of nitrogens with zero attached hydrogens (tertiary/aromatic N) is 1. The lowest BCUT2D eigenvalue weighted by atomic mass is 9.90. The Labute approximate surface area is 105 Å². The molecule has 4 heteroatoms. The Morgan fingerprint density at radius 3 is 2.76 bits per heavy atom. The molecule has 1 saturated heterocycles. The fourth-order valence-electron chi connectivity index (χ4n) is 2.38. The summed E-state index contributed by atoms with van der Waals surface area (Å²) in [7, 11) is 2.01. The van der Waals surface area contributed by atoms with Crippen molar-refractivity contribution in [3.8, 4) is 0 Å². The SMILES string of the molecule is CCC1CN(C(=O)COC(C)C)CCC1NC. The van der Waals surface area contributed by atoms with Gasteiger partial charge in [0.2, 0.25) is 5.91 Å². The summed E-state index contributed by atoms with van der Waals surface area (Å²) in [6.45, 7) is 8.03. The standard InChI is InChI=1S/C13H26N2O2/c1-5-11-8-15(7-6-12(11)14-4)13(16)9-17-10(2)3/h10-12,14H,5-9H2,1-4H3. The zero-order chi connectivity index (χ0) is 12.8. The van der Waals surface area contributed by atoms with Crippen molar-refractivity contribution in [3.05, 3.63) is 0 Å². The minimum absolute atomic E-state index is 0.121. The monoisotopic (exact) mass is 242 g/mol. The molecule has 0 saturated carbocycles. The van der Waals surface area contributed by atoms with Gasteiger partial charge in [0.1, 0.15) is 6.61 Å². The molecule has 0 aromatic rings. The Bertz CT molecular complexity index is 244. The van der Waals surface area contributed by atoms with E-state index >= 15 is 0 Å². The van der Waals surface area contributed by atoms with Crippen LogP contribution in [0.3, 0.4) is 0 Å². The number of hydrogen-bond acceptors (Lipinski definition) is 3. The maximum absolute atomic E-state index is 11.9. The molecule has 0 aliphatic carbocycles. The molecule has 0 spiro atoms. The number of likely N-dealkylation sites (tertiary alicyclic amines) is 1. The molecule has 1 fully saturated rings. The van der Waals surface area contributed by atoms with Crippen LogP contribution in [0, 0.1) is 5.92 Å². The van der Waals surface area contributed by atoms with Crippen LogP contribution in [-0.2, 0) is 9.53 Å². The van der Waals surface area contributed by atoms with Gasteiger partial charge in [-0.05, 0) is 33.2 Å². The van der Waals surface area contributed by atoms with E-state index in [1.807, 2.05) is 25.8 Å². The quantitative estimate of drug-likeness (QED) is 0.789. The molecule has 1 rings (SSSR count). The molecule has 17 heavy (non-hydrogen) atoms. The molecule has 2 atom stereocenters. The lowest BCUT2D eigenvalue weighted by molar-refractivity contribution is -0.139. The summed E-state index contributed by atoms with van der Waals surface area (Å²) >= 11 is 0. The largest absolute Gasteiger partial charge is 0.369 e. The summed E-state index contributed by atoms with van der Waals surface area (Å²) < 4.78 is 5.37. The van der Waals surface area contributed by atoms with Gasteiger partial charge in [-0.25, -0.2) is 0 Å². The fraction of sp³-hybridized carbons (Fsp3) is 0.923. The van der Waals surface area contributed by atoms with E-state index in [0.29, 0.717) is 12.0 Å². The Hall–Kier alpha value is -0.610. The Morgan fingerprint density at radius 2 is 2.24 bits per heavy atom. The smallest absolute Gasteiger partial charge is 0.248 e. The first-order valence-corrected chi connectivity index (χ1v) is 6.65. The average molecular weight is 242 g/mol. The third kappa shape index (κ3) is 4.28. The van der Waals surface area contributed by atoms with E-state index in [1.165, 1.54) is 0 Å². The zero-order valence-corrected chi connectivity index (χ0v) is 11.5. The maximum Gasteiger partial charge on any atom is 0.248 e. The molecule has 0 aromatic carbocycles. The minimum atomic E-state index is 0.121. The van der Waals surface area contributed by atoms with Crippen LogP contribution < -0.4 is 5.32 Å². The number of piperidine rings is 1. The molecular weight excluding hydrogens is 216 g/mol. The van der Waals surface area contributed by atoms with Gasteiger partial charge >= 0.3 is 0 Å². The minimum Gasteiger partial charge on any atom is -0.369 e. The van der Waals surface area contributed by atoms with E-state index in [4.69, 9.17) is 4.74 Å². The van der Waals surface area contributed by atoms with Gasteiger partial charge in [0.15, 0.2) is 0 Å². The summed E-state index contributed by atoms with van der Waals surface area (Å²) in [6, 6.07) is 0.551. The van der Waals surface area contributed by atoms with Gasteiger partial charge in [-0.3, -0.25) is 4.79 Å². The first-order valence-electron chi connectivity index (χ1n) is 6.65. The van der Waals surface area contributed by atoms with Crippen LogP contribution in [0.1, 0.15) is 33.6 Å². The lowest BCUT2D eigenvalue weighted by Gasteiger charge is -2.38. The first kappa shape index (κ1) is 14.5. The van der Waals surface area contributed by atoms with Crippen molar-refractivity contribution in [2.24, 2.45) is 5.92 Å². The van der Waals surface area contributed by atoms with Gasteiger partial charge < -0.3 is 15.0 Å². The predicted molar refractivity (Wildman–Crippen MR) is 68.9 cm³/mol. The highest BCUT2D eigenvalue weighted by molar-refractivity contribution is 5.77. The van der Waals surface area contributed by atoms with Crippen LogP contribution in [-0.4, -0.2) is 49.7 Å². The summed E-state index contributed by atoms with van der Waals surface area (Å²) in [4.78, 5) is 13.9. The zero-order valence-electron chi connectivity index (χ0n) is 11.5. The molecule has 1 aliphatic heterocycles. The highest BCUT2D eigenvalue weighted by Gasteiger charge is 2.29. The number of carbonyl (C=O) groups is 1. The third-order valence-electron chi connectivity index (χ3n) is 3.52. The van der Waals surface area contributed by atoms with Crippen molar-refractivity contribution >= 4 is 5.91 Å². The molecule has 4 nitrogen and oxygen atoms in total. The van der Waals surface area contributed by atoms with E-state index in [9.17, 15) is 4.79 Å². The van der Waals surface area contributed by atoms with Gasteiger partial charge in [0, 0.05) is 19.1 Å². The van der Waals surface area contributed by atoms with Crippen molar-refractivity contribution < 1.29 is 9.53 Å². The van der Waals surface area contributed by atoms with Crippen LogP contribution >= 0.6 is 0 Å². The van der Waals surface area contributed by atoms with E-state index in [2.05, 4.69) is 12.2 Å². The summed E-state index contributed by atoms with van der Waals surface area (Å²) in [5.74, 6) is 0.698. The van der Waals surface area contributed by atoms with Gasteiger partial charge in [-0.1, -0.05) is 13.3 Å². The van der Waals surface area contributed by atoms with Crippen LogP contribution in [0.15, 0.2) is 0 Å². The van der Waals surface area contributed by atoms with E-state index < -0.39 is 0 Å². The Kier molecular flexibility index (Phi) is 5.92. The van der Waals surface area contributed by atoms with Crippen molar-refractivity contribution in [1.82, 2.24) is 10.2 Å². The van der Waals surface area contributed by atoms with Crippen molar-refractivity contribution in [2.75, 3.05) is 26.7 Å². The normalized spacial score (nSPS) is 25.4. The van der Waals surface area contributed by atoms with E-state index in [0.717, 1.165) is 25.9 Å².